The predicted octanol–water partition coefficient (Wildman–Crippen LogP) is 3.03. The van der Waals surface area contributed by atoms with Crippen LogP contribution in [0.4, 0.5) is 0 Å². The lowest BCUT2D eigenvalue weighted by Crippen LogP contribution is -2.23. The maximum atomic E-state index is 5.71. The Kier molecular flexibility index (Phi) is 5.11. The van der Waals surface area contributed by atoms with Crippen LogP contribution in [0.3, 0.4) is 0 Å². The minimum atomic E-state index is -0.0346. The Morgan fingerprint density at radius 2 is 1.83 bits per heavy atom. The lowest BCUT2D eigenvalue weighted by Gasteiger charge is -2.23. The quantitative estimate of drug-likeness (QED) is 0.503. The third kappa shape index (κ3) is 3.56. The molecule has 1 aliphatic rings. The first-order valence-electron chi connectivity index (χ1n) is 7.34. The predicted molar refractivity (Wildman–Crippen MR) is 95.3 cm³/mol. The first-order valence-corrected chi connectivity index (χ1v) is 7.34. The number of halogens is 1. The van der Waals surface area contributed by atoms with Gasteiger partial charge in [0.25, 0.3) is 0 Å². The number of benzene rings is 1. The third-order valence-electron chi connectivity index (χ3n) is 4.05. The van der Waals surface area contributed by atoms with Gasteiger partial charge in [0.15, 0.2) is 0 Å². The summed E-state index contributed by atoms with van der Waals surface area (Å²) in [5.74, 6) is 1.25. The third-order valence-corrected chi connectivity index (χ3v) is 4.05. The van der Waals surface area contributed by atoms with Gasteiger partial charge in [-0.1, -0.05) is 29.8 Å². The monoisotopic (exact) mass is 332 g/mol. The SMILES string of the molecule is Cc1ccc(C2C/C(=N\N=C(N)N)c3c(C)coc3C2)cc1.Cl. The summed E-state index contributed by atoms with van der Waals surface area (Å²) < 4.78 is 5.71. The van der Waals surface area contributed by atoms with Gasteiger partial charge in [0, 0.05) is 12.0 Å². The van der Waals surface area contributed by atoms with E-state index < -0.39 is 0 Å². The van der Waals surface area contributed by atoms with Crippen molar-refractivity contribution in [1.82, 2.24) is 0 Å². The molecule has 2 aromatic rings. The van der Waals surface area contributed by atoms with Crippen LogP contribution < -0.4 is 11.5 Å². The number of furan rings is 1. The molecule has 3 rings (SSSR count). The van der Waals surface area contributed by atoms with E-state index in [1.807, 2.05) is 6.92 Å². The van der Waals surface area contributed by atoms with Crippen LogP contribution in [0, 0.1) is 13.8 Å². The van der Waals surface area contributed by atoms with Crippen LogP contribution in [0.5, 0.6) is 0 Å². The molecule has 5 nitrogen and oxygen atoms in total. The molecule has 4 N–H and O–H groups in total. The van der Waals surface area contributed by atoms with Crippen molar-refractivity contribution in [3.63, 3.8) is 0 Å². The van der Waals surface area contributed by atoms with E-state index in [9.17, 15) is 0 Å². The van der Waals surface area contributed by atoms with Crippen LogP contribution in [-0.2, 0) is 6.42 Å². The van der Waals surface area contributed by atoms with Crippen molar-refractivity contribution in [2.75, 3.05) is 0 Å². The average molecular weight is 333 g/mol. The van der Waals surface area contributed by atoms with Gasteiger partial charge >= 0.3 is 0 Å². The normalized spacial score (nSPS) is 18.2. The number of hydrogen-bond acceptors (Lipinski definition) is 3. The van der Waals surface area contributed by atoms with Crippen LogP contribution in [0.1, 0.15) is 40.4 Å². The Balaban J connectivity index is 0.00000192. The highest BCUT2D eigenvalue weighted by Gasteiger charge is 2.29. The van der Waals surface area contributed by atoms with Crippen LogP contribution in [-0.4, -0.2) is 11.7 Å². The molecule has 0 spiro atoms. The Labute approximate surface area is 141 Å². The molecule has 1 unspecified atom stereocenters. The van der Waals surface area contributed by atoms with Crippen LogP contribution in [0.2, 0.25) is 0 Å². The summed E-state index contributed by atoms with van der Waals surface area (Å²) in [5, 5.41) is 8.07. The molecule has 23 heavy (non-hydrogen) atoms. The molecule has 0 saturated carbocycles. The first kappa shape index (κ1) is 17.1. The molecule has 1 atom stereocenters. The molecule has 0 fully saturated rings. The molecule has 1 aliphatic carbocycles. The largest absolute Gasteiger partial charge is 0.468 e. The fraction of sp³-hybridized carbons (Fsp3) is 0.294. The molecule has 0 radical (unpaired) electrons. The van der Waals surface area contributed by atoms with Crippen molar-refractivity contribution in [3.8, 4) is 0 Å². The lowest BCUT2D eigenvalue weighted by molar-refractivity contribution is 0.480. The molecule has 122 valence electrons. The van der Waals surface area contributed by atoms with Gasteiger partial charge in [0.1, 0.15) is 5.76 Å². The van der Waals surface area contributed by atoms with Gasteiger partial charge in [-0.15, -0.1) is 17.5 Å². The van der Waals surface area contributed by atoms with Crippen LogP contribution >= 0.6 is 12.4 Å². The highest BCUT2D eigenvalue weighted by atomic mass is 35.5. The van der Waals surface area contributed by atoms with Gasteiger partial charge in [-0.25, -0.2) is 0 Å². The molecule has 1 aromatic carbocycles. The van der Waals surface area contributed by atoms with Crippen LogP contribution in [0.25, 0.3) is 0 Å². The summed E-state index contributed by atoms with van der Waals surface area (Å²) in [6.07, 6.45) is 3.44. The van der Waals surface area contributed by atoms with Crippen molar-refractivity contribution in [1.29, 1.82) is 0 Å². The van der Waals surface area contributed by atoms with E-state index in [2.05, 4.69) is 41.4 Å². The number of aryl methyl sites for hydroxylation is 2. The average Bonchev–Trinajstić information content (AvgIpc) is 2.87. The fourth-order valence-corrected chi connectivity index (χ4v) is 2.95. The van der Waals surface area contributed by atoms with Crippen LogP contribution in [0.15, 0.2) is 45.1 Å². The van der Waals surface area contributed by atoms with E-state index in [-0.39, 0.29) is 18.4 Å². The highest BCUT2D eigenvalue weighted by Crippen LogP contribution is 2.35. The number of guanidine groups is 1. The van der Waals surface area contributed by atoms with E-state index in [0.717, 1.165) is 35.4 Å². The smallest absolute Gasteiger partial charge is 0.211 e. The standard InChI is InChI=1S/C17H20N4O.ClH/c1-10-3-5-12(6-4-10)13-7-14(20-21-17(18)19)16-11(2)9-22-15(16)8-13;/h3-6,9,13H,7-8H2,1-2H3,(H4,18,19,21);1H/b20-14+;. The summed E-state index contributed by atoms with van der Waals surface area (Å²) in [7, 11) is 0. The Bertz CT molecular complexity index is 742. The summed E-state index contributed by atoms with van der Waals surface area (Å²) in [5.41, 5.74) is 16.3. The molecule has 0 aliphatic heterocycles. The Hall–Kier alpha value is -2.27. The summed E-state index contributed by atoms with van der Waals surface area (Å²) in [6, 6.07) is 8.59. The maximum Gasteiger partial charge on any atom is 0.211 e. The van der Waals surface area contributed by atoms with E-state index in [0.29, 0.717) is 5.92 Å². The number of nitrogens with two attached hydrogens (primary N) is 2. The first-order chi connectivity index (χ1) is 10.5. The summed E-state index contributed by atoms with van der Waals surface area (Å²) in [6.45, 7) is 4.10. The molecule has 1 aromatic heterocycles. The van der Waals surface area contributed by atoms with Crippen molar-refractivity contribution >= 4 is 24.1 Å². The molecular formula is C17H21ClN4O. The van der Waals surface area contributed by atoms with E-state index in [1.165, 1.54) is 11.1 Å². The van der Waals surface area contributed by atoms with Gasteiger partial charge in [0.2, 0.25) is 5.96 Å². The minimum Gasteiger partial charge on any atom is -0.468 e. The second-order valence-electron chi connectivity index (χ2n) is 5.80. The molecule has 0 amide bonds. The van der Waals surface area contributed by atoms with Crippen molar-refractivity contribution < 1.29 is 4.42 Å². The van der Waals surface area contributed by atoms with Crippen molar-refractivity contribution in [2.24, 2.45) is 21.7 Å². The van der Waals surface area contributed by atoms with Gasteiger partial charge in [-0.2, -0.15) is 5.10 Å². The van der Waals surface area contributed by atoms with Crippen molar-refractivity contribution in [3.05, 3.63) is 58.5 Å². The summed E-state index contributed by atoms with van der Waals surface area (Å²) >= 11 is 0. The Morgan fingerprint density at radius 1 is 1.13 bits per heavy atom. The maximum absolute atomic E-state index is 5.71. The molecular weight excluding hydrogens is 312 g/mol. The molecule has 0 bridgehead atoms. The molecule has 6 heteroatoms. The van der Waals surface area contributed by atoms with Gasteiger partial charge in [-0.05, 0) is 37.3 Å². The number of rotatable bonds is 2. The Morgan fingerprint density at radius 3 is 2.48 bits per heavy atom. The number of hydrogen-bond donors (Lipinski definition) is 2. The zero-order chi connectivity index (χ0) is 15.7. The van der Waals surface area contributed by atoms with E-state index in [4.69, 9.17) is 15.9 Å². The fourth-order valence-electron chi connectivity index (χ4n) is 2.95. The summed E-state index contributed by atoms with van der Waals surface area (Å²) in [4.78, 5) is 0. The van der Waals surface area contributed by atoms with E-state index >= 15 is 0 Å². The van der Waals surface area contributed by atoms with E-state index in [1.54, 1.807) is 6.26 Å². The zero-order valence-electron chi connectivity index (χ0n) is 13.2. The van der Waals surface area contributed by atoms with Crippen molar-refractivity contribution in [2.45, 2.75) is 32.6 Å². The second kappa shape index (κ2) is 6.87. The highest BCUT2D eigenvalue weighted by molar-refractivity contribution is 6.04. The zero-order valence-corrected chi connectivity index (χ0v) is 14.1. The number of nitrogens with zero attached hydrogens (tertiary/aromatic N) is 2. The lowest BCUT2D eigenvalue weighted by atomic mass is 9.81. The second-order valence-corrected chi connectivity index (χ2v) is 5.80. The molecule has 1 heterocycles. The van der Waals surface area contributed by atoms with Gasteiger partial charge in [-0.3, -0.25) is 0 Å². The molecule has 0 saturated heterocycles. The minimum absolute atomic E-state index is 0. The topological polar surface area (TPSA) is 89.9 Å². The van der Waals surface area contributed by atoms with Gasteiger partial charge < -0.3 is 15.9 Å². The number of fused-ring (bicyclic) bond motifs is 1. The van der Waals surface area contributed by atoms with Gasteiger partial charge in [0.05, 0.1) is 12.0 Å².